The highest BCUT2D eigenvalue weighted by Crippen LogP contribution is 2.28. The fourth-order valence-electron chi connectivity index (χ4n) is 3.97. The van der Waals surface area contributed by atoms with Gasteiger partial charge in [-0.3, -0.25) is 9.59 Å². The maximum atomic E-state index is 12.9. The Kier molecular flexibility index (Phi) is 7.00. The molecule has 1 aliphatic rings. The maximum absolute atomic E-state index is 12.9. The van der Waals surface area contributed by atoms with Crippen LogP contribution in [0.2, 0.25) is 0 Å². The van der Waals surface area contributed by atoms with Crippen molar-refractivity contribution >= 4 is 11.8 Å². The lowest BCUT2D eigenvalue weighted by atomic mass is 10.1. The lowest BCUT2D eigenvalue weighted by Gasteiger charge is -2.20. The molecule has 0 atom stereocenters. The monoisotopic (exact) mass is 431 g/mol. The van der Waals surface area contributed by atoms with Crippen LogP contribution >= 0.6 is 0 Å². The van der Waals surface area contributed by atoms with Crippen molar-refractivity contribution in [3.05, 3.63) is 65.9 Å². The molecule has 1 saturated heterocycles. The quantitative estimate of drug-likeness (QED) is 0.606. The molecule has 1 N–H and O–H groups in total. The molecule has 0 bridgehead atoms. The fraction of sp³-hybridized carbons (Fsp3) is 0.346. The molecule has 0 aliphatic carbocycles. The second-order valence-corrected chi connectivity index (χ2v) is 8.24. The number of hydrogen-bond acceptors (Lipinski definition) is 4. The third kappa shape index (κ3) is 5.25. The number of hydrogen-bond donors (Lipinski definition) is 1. The van der Waals surface area contributed by atoms with E-state index in [0.717, 1.165) is 31.5 Å². The van der Waals surface area contributed by atoms with Gasteiger partial charge in [-0.2, -0.15) is 0 Å². The van der Waals surface area contributed by atoms with Crippen LogP contribution in [0.4, 0.5) is 0 Å². The van der Waals surface area contributed by atoms with Crippen LogP contribution in [0.5, 0.6) is 0 Å². The van der Waals surface area contributed by atoms with E-state index in [9.17, 15) is 9.59 Å². The molecule has 0 spiro atoms. The molecule has 1 aromatic heterocycles. The normalized spacial score (nSPS) is 14.1. The minimum atomic E-state index is -0.237. The van der Waals surface area contributed by atoms with Gasteiger partial charge in [0.05, 0.1) is 11.8 Å². The number of oxazole rings is 1. The molecule has 1 fully saturated rings. The first-order chi connectivity index (χ1) is 15.6. The molecular weight excluding hydrogens is 402 g/mol. The molecule has 166 valence electrons. The highest BCUT2D eigenvalue weighted by molar-refractivity contribution is 6.00. The van der Waals surface area contributed by atoms with E-state index < -0.39 is 0 Å². The Labute approximate surface area is 188 Å². The topological polar surface area (TPSA) is 75.4 Å². The minimum absolute atomic E-state index is 0.107. The van der Waals surface area contributed by atoms with Gasteiger partial charge in [-0.05, 0) is 31.9 Å². The van der Waals surface area contributed by atoms with E-state index in [1.165, 1.54) is 18.4 Å². The van der Waals surface area contributed by atoms with E-state index >= 15 is 0 Å². The van der Waals surface area contributed by atoms with Crippen molar-refractivity contribution in [2.24, 2.45) is 0 Å². The molecule has 1 aliphatic heterocycles. The van der Waals surface area contributed by atoms with Gasteiger partial charge >= 0.3 is 0 Å². The first kappa shape index (κ1) is 21.8. The fourth-order valence-corrected chi connectivity index (χ4v) is 3.97. The van der Waals surface area contributed by atoms with Gasteiger partial charge in [0.2, 0.25) is 11.8 Å². The highest BCUT2D eigenvalue weighted by atomic mass is 16.4. The van der Waals surface area contributed by atoms with Crippen molar-refractivity contribution in [3.63, 3.8) is 0 Å². The van der Waals surface area contributed by atoms with E-state index in [1.54, 1.807) is 12.3 Å². The van der Waals surface area contributed by atoms with Crippen molar-refractivity contribution in [2.75, 3.05) is 19.6 Å². The van der Waals surface area contributed by atoms with Crippen LogP contribution in [0, 0.1) is 6.92 Å². The molecule has 6 heteroatoms. The van der Waals surface area contributed by atoms with Crippen LogP contribution in [-0.4, -0.2) is 41.3 Å². The smallest absolute Gasteiger partial charge is 0.252 e. The Bertz CT molecular complexity index is 1060. The third-order valence-corrected chi connectivity index (χ3v) is 5.83. The van der Waals surface area contributed by atoms with Gasteiger partial charge in [0.15, 0.2) is 5.76 Å². The van der Waals surface area contributed by atoms with Crippen LogP contribution in [0.15, 0.2) is 59.1 Å². The summed E-state index contributed by atoms with van der Waals surface area (Å²) in [7, 11) is 0. The van der Waals surface area contributed by atoms with E-state index in [4.69, 9.17) is 4.42 Å². The summed E-state index contributed by atoms with van der Waals surface area (Å²) in [6.07, 6.45) is 6.48. The molecule has 32 heavy (non-hydrogen) atoms. The van der Waals surface area contributed by atoms with Gasteiger partial charge < -0.3 is 14.6 Å². The van der Waals surface area contributed by atoms with Crippen molar-refractivity contribution in [2.45, 2.75) is 39.0 Å². The minimum Gasteiger partial charge on any atom is -0.436 e. The first-order valence-electron chi connectivity index (χ1n) is 11.3. The highest BCUT2D eigenvalue weighted by Gasteiger charge is 2.18. The SMILES string of the molecule is Cc1ccc(-c2cnc(-c3ccccc3C(=O)NCCC(=O)N3CCCCCC3)o2)cc1. The number of aryl methyl sites for hydroxylation is 1. The largest absolute Gasteiger partial charge is 0.436 e. The molecule has 6 nitrogen and oxygen atoms in total. The third-order valence-electron chi connectivity index (χ3n) is 5.83. The summed E-state index contributed by atoms with van der Waals surface area (Å²) < 4.78 is 5.97. The van der Waals surface area contributed by atoms with Gasteiger partial charge in [0.25, 0.3) is 5.91 Å². The number of amides is 2. The van der Waals surface area contributed by atoms with Gasteiger partial charge in [-0.25, -0.2) is 4.98 Å². The van der Waals surface area contributed by atoms with Gasteiger partial charge in [-0.15, -0.1) is 0 Å². The number of likely N-dealkylation sites (tertiary alicyclic amines) is 1. The molecule has 0 unspecified atom stereocenters. The summed E-state index contributed by atoms with van der Waals surface area (Å²) in [6, 6.07) is 15.2. The number of nitrogens with one attached hydrogen (secondary N) is 1. The van der Waals surface area contributed by atoms with E-state index in [0.29, 0.717) is 35.7 Å². The number of benzene rings is 2. The molecule has 0 radical (unpaired) electrons. The average molecular weight is 432 g/mol. The Morgan fingerprint density at radius 1 is 1.00 bits per heavy atom. The number of carbonyl (C=O) groups excluding carboxylic acids is 2. The number of rotatable bonds is 6. The van der Waals surface area contributed by atoms with E-state index in [2.05, 4.69) is 10.3 Å². The summed E-state index contributed by atoms with van der Waals surface area (Å²) in [6.45, 7) is 3.99. The summed E-state index contributed by atoms with van der Waals surface area (Å²) in [5.41, 5.74) is 3.21. The van der Waals surface area contributed by atoms with Gasteiger partial charge in [-0.1, -0.05) is 54.8 Å². The van der Waals surface area contributed by atoms with Crippen LogP contribution in [0.25, 0.3) is 22.8 Å². The van der Waals surface area contributed by atoms with Crippen molar-refractivity contribution in [1.82, 2.24) is 15.2 Å². The second-order valence-electron chi connectivity index (χ2n) is 8.24. The molecule has 4 rings (SSSR count). The Morgan fingerprint density at radius 3 is 2.47 bits per heavy atom. The van der Waals surface area contributed by atoms with Crippen molar-refractivity contribution in [1.29, 1.82) is 0 Å². The zero-order chi connectivity index (χ0) is 22.3. The number of carbonyl (C=O) groups is 2. The van der Waals surface area contributed by atoms with Crippen LogP contribution in [0.1, 0.15) is 48.0 Å². The Balaban J connectivity index is 1.41. The zero-order valence-electron chi connectivity index (χ0n) is 18.5. The first-order valence-corrected chi connectivity index (χ1v) is 11.3. The van der Waals surface area contributed by atoms with Crippen LogP contribution in [-0.2, 0) is 4.79 Å². The van der Waals surface area contributed by atoms with E-state index in [-0.39, 0.29) is 11.8 Å². The number of nitrogens with zero attached hydrogens (tertiary/aromatic N) is 2. The summed E-state index contributed by atoms with van der Waals surface area (Å²) in [5.74, 6) is 0.917. The number of aromatic nitrogens is 1. The van der Waals surface area contributed by atoms with Crippen LogP contribution in [0.3, 0.4) is 0 Å². The lowest BCUT2D eigenvalue weighted by Crippen LogP contribution is -2.35. The summed E-state index contributed by atoms with van der Waals surface area (Å²) in [5, 5.41) is 2.88. The summed E-state index contributed by atoms with van der Waals surface area (Å²) in [4.78, 5) is 31.6. The molecule has 0 saturated carbocycles. The average Bonchev–Trinajstić information content (AvgIpc) is 3.14. The standard InChI is InChI=1S/C26H29N3O3/c1-19-10-12-20(13-11-19)23-18-28-26(32-23)22-9-5-4-8-21(22)25(31)27-15-14-24(30)29-16-6-2-3-7-17-29/h4-5,8-13,18H,2-3,6-7,14-17H2,1H3,(H,27,31). The summed E-state index contributed by atoms with van der Waals surface area (Å²) >= 11 is 0. The lowest BCUT2D eigenvalue weighted by molar-refractivity contribution is -0.131. The molecule has 2 heterocycles. The van der Waals surface area contributed by atoms with Crippen molar-refractivity contribution < 1.29 is 14.0 Å². The molecular formula is C26H29N3O3. The van der Waals surface area contributed by atoms with E-state index in [1.807, 2.05) is 54.3 Å². The second kappa shape index (κ2) is 10.3. The molecule has 2 amide bonds. The van der Waals surface area contributed by atoms with Crippen molar-refractivity contribution in [3.8, 4) is 22.8 Å². The predicted molar refractivity (Wildman–Crippen MR) is 124 cm³/mol. The Morgan fingerprint density at radius 2 is 1.72 bits per heavy atom. The molecule has 2 aromatic carbocycles. The maximum Gasteiger partial charge on any atom is 0.252 e. The van der Waals surface area contributed by atoms with Crippen LogP contribution < -0.4 is 5.32 Å². The van der Waals surface area contributed by atoms with Gasteiger partial charge in [0, 0.05) is 37.2 Å². The Hall–Kier alpha value is -3.41. The predicted octanol–water partition coefficient (Wildman–Crippen LogP) is 4.84. The van der Waals surface area contributed by atoms with Gasteiger partial charge in [0.1, 0.15) is 0 Å². The molecule has 3 aromatic rings. The zero-order valence-corrected chi connectivity index (χ0v) is 18.5.